The Hall–Kier alpha value is -1.18. The maximum atomic E-state index is 5.78. The van der Waals surface area contributed by atoms with E-state index >= 15 is 0 Å². The normalized spacial score (nSPS) is 29.0. The monoisotopic (exact) mass is 232 g/mol. The number of benzene rings is 1. The number of nitrogens with two attached hydrogens (primary N) is 1. The second-order valence-electron chi connectivity index (χ2n) is 5.59. The van der Waals surface area contributed by atoms with E-state index in [0.717, 1.165) is 17.5 Å². The molecule has 3 N–H and O–H groups in total. The summed E-state index contributed by atoms with van der Waals surface area (Å²) in [4.78, 5) is 0. The molecule has 0 heterocycles. The number of aryl methyl sites for hydroxylation is 1. The standard InChI is InChI=1S/C15H24N2/c1-10-5-4-6-15(12(10)3)17-14-8-7-13(16)9-11(14)2/h7-10,12,15,17H,4-6,16H2,1-3H3. The van der Waals surface area contributed by atoms with Crippen LogP contribution in [0.1, 0.15) is 38.7 Å². The summed E-state index contributed by atoms with van der Waals surface area (Å²) in [5.41, 5.74) is 9.11. The summed E-state index contributed by atoms with van der Waals surface area (Å²) in [5, 5.41) is 3.70. The zero-order valence-electron chi connectivity index (χ0n) is 11.2. The number of hydrogen-bond donors (Lipinski definition) is 2. The molecule has 2 rings (SSSR count). The first-order valence-electron chi connectivity index (χ1n) is 6.70. The fraction of sp³-hybridized carbons (Fsp3) is 0.600. The molecule has 0 radical (unpaired) electrons. The molecule has 0 amide bonds. The van der Waals surface area contributed by atoms with E-state index in [4.69, 9.17) is 5.73 Å². The average molecular weight is 232 g/mol. The van der Waals surface area contributed by atoms with E-state index in [-0.39, 0.29) is 0 Å². The molecule has 1 aromatic carbocycles. The van der Waals surface area contributed by atoms with Gasteiger partial charge in [0.15, 0.2) is 0 Å². The van der Waals surface area contributed by atoms with Crippen LogP contribution in [0.15, 0.2) is 18.2 Å². The van der Waals surface area contributed by atoms with Crippen molar-refractivity contribution in [2.45, 2.75) is 46.1 Å². The third kappa shape index (κ3) is 2.74. The van der Waals surface area contributed by atoms with Crippen LogP contribution in [0.4, 0.5) is 11.4 Å². The molecule has 1 aliphatic carbocycles. The van der Waals surface area contributed by atoms with Gasteiger partial charge in [-0.3, -0.25) is 0 Å². The summed E-state index contributed by atoms with van der Waals surface area (Å²) in [5.74, 6) is 1.58. The SMILES string of the molecule is Cc1cc(N)ccc1NC1CCCC(C)C1C. The van der Waals surface area contributed by atoms with E-state index in [1.54, 1.807) is 0 Å². The minimum absolute atomic E-state index is 0.612. The number of nitrogen functional groups attached to an aromatic ring is 1. The molecule has 2 heteroatoms. The van der Waals surface area contributed by atoms with E-state index in [2.05, 4.69) is 32.2 Å². The topological polar surface area (TPSA) is 38.0 Å². The van der Waals surface area contributed by atoms with Crippen molar-refractivity contribution in [2.75, 3.05) is 11.1 Å². The Bertz CT molecular complexity index is 387. The van der Waals surface area contributed by atoms with Crippen LogP contribution in [-0.2, 0) is 0 Å². The molecule has 1 aromatic rings. The molecule has 1 fully saturated rings. The number of anilines is 2. The van der Waals surface area contributed by atoms with E-state index in [0.29, 0.717) is 6.04 Å². The maximum absolute atomic E-state index is 5.78. The lowest BCUT2D eigenvalue weighted by atomic mass is 9.78. The van der Waals surface area contributed by atoms with Gasteiger partial charge >= 0.3 is 0 Å². The van der Waals surface area contributed by atoms with E-state index in [1.165, 1.54) is 30.5 Å². The molecule has 3 unspecified atom stereocenters. The summed E-state index contributed by atoms with van der Waals surface area (Å²) in [7, 11) is 0. The smallest absolute Gasteiger partial charge is 0.0373 e. The number of rotatable bonds is 2. The molecule has 3 atom stereocenters. The van der Waals surface area contributed by atoms with Crippen molar-refractivity contribution in [3.8, 4) is 0 Å². The quantitative estimate of drug-likeness (QED) is 0.761. The van der Waals surface area contributed by atoms with Gasteiger partial charge in [-0.25, -0.2) is 0 Å². The van der Waals surface area contributed by atoms with Crippen LogP contribution < -0.4 is 11.1 Å². The van der Waals surface area contributed by atoms with Gasteiger partial charge in [0, 0.05) is 17.4 Å². The molecule has 17 heavy (non-hydrogen) atoms. The third-order valence-electron chi connectivity index (χ3n) is 4.30. The van der Waals surface area contributed by atoms with Crippen molar-refractivity contribution < 1.29 is 0 Å². The molecule has 1 saturated carbocycles. The van der Waals surface area contributed by atoms with Gasteiger partial charge in [0.2, 0.25) is 0 Å². The Kier molecular flexibility index (Phi) is 3.60. The average Bonchev–Trinajstić information content (AvgIpc) is 2.28. The van der Waals surface area contributed by atoms with Gasteiger partial charge in [-0.05, 0) is 48.9 Å². The van der Waals surface area contributed by atoms with Crippen molar-refractivity contribution in [3.05, 3.63) is 23.8 Å². The highest BCUT2D eigenvalue weighted by molar-refractivity contribution is 5.58. The zero-order valence-corrected chi connectivity index (χ0v) is 11.2. The van der Waals surface area contributed by atoms with Crippen LogP contribution in [-0.4, -0.2) is 6.04 Å². The highest BCUT2D eigenvalue weighted by Crippen LogP contribution is 2.32. The lowest BCUT2D eigenvalue weighted by Gasteiger charge is -2.35. The largest absolute Gasteiger partial charge is 0.399 e. The number of hydrogen-bond acceptors (Lipinski definition) is 2. The Balaban J connectivity index is 2.09. The van der Waals surface area contributed by atoms with Crippen LogP contribution in [0.5, 0.6) is 0 Å². The summed E-state index contributed by atoms with van der Waals surface area (Å²) < 4.78 is 0. The molecule has 0 bridgehead atoms. The van der Waals surface area contributed by atoms with E-state index in [1.807, 2.05) is 12.1 Å². The summed E-state index contributed by atoms with van der Waals surface area (Å²) >= 11 is 0. The van der Waals surface area contributed by atoms with Crippen LogP contribution >= 0.6 is 0 Å². The van der Waals surface area contributed by atoms with Crippen molar-refractivity contribution in [1.29, 1.82) is 0 Å². The minimum atomic E-state index is 0.612. The van der Waals surface area contributed by atoms with Gasteiger partial charge in [0.25, 0.3) is 0 Å². The lowest BCUT2D eigenvalue weighted by molar-refractivity contribution is 0.253. The van der Waals surface area contributed by atoms with Gasteiger partial charge in [-0.1, -0.05) is 26.7 Å². The predicted molar refractivity (Wildman–Crippen MR) is 75.2 cm³/mol. The van der Waals surface area contributed by atoms with Crippen molar-refractivity contribution in [1.82, 2.24) is 0 Å². The molecular formula is C15H24N2. The van der Waals surface area contributed by atoms with Gasteiger partial charge in [0.1, 0.15) is 0 Å². The fourth-order valence-corrected chi connectivity index (χ4v) is 2.83. The van der Waals surface area contributed by atoms with Crippen molar-refractivity contribution in [2.24, 2.45) is 11.8 Å². The molecule has 0 aromatic heterocycles. The molecule has 2 nitrogen and oxygen atoms in total. The third-order valence-corrected chi connectivity index (χ3v) is 4.30. The second-order valence-corrected chi connectivity index (χ2v) is 5.59. The zero-order chi connectivity index (χ0) is 12.4. The highest BCUT2D eigenvalue weighted by atomic mass is 14.9. The molecule has 0 spiro atoms. The molecule has 1 aliphatic rings. The van der Waals surface area contributed by atoms with Gasteiger partial charge in [-0.2, -0.15) is 0 Å². The molecular weight excluding hydrogens is 208 g/mol. The second kappa shape index (κ2) is 4.99. The van der Waals surface area contributed by atoms with Crippen LogP contribution in [0.3, 0.4) is 0 Å². The maximum Gasteiger partial charge on any atom is 0.0373 e. The molecule has 94 valence electrons. The van der Waals surface area contributed by atoms with Gasteiger partial charge in [-0.15, -0.1) is 0 Å². The summed E-state index contributed by atoms with van der Waals surface area (Å²) in [6.07, 6.45) is 4.01. The van der Waals surface area contributed by atoms with E-state index < -0.39 is 0 Å². The Morgan fingerprint density at radius 2 is 2.00 bits per heavy atom. The fourth-order valence-electron chi connectivity index (χ4n) is 2.83. The van der Waals surface area contributed by atoms with Crippen LogP contribution in [0, 0.1) is 18.8 Å². The Morgan fingerprint density at radius 3 is 2.71 bits per heavy atom. The predicted octanol–water partition coefficient (Wildman–Crippen LogP) is 3.81. The van der Waals surface area contributed by atoms with Gasteiger partial charge < -0.3 is 11.1 Å². The molecule has 0 saturated heterocycles. The molecule has 0 aliphatic heterocycles. The number of nitrogens with one attached hydrogen (secondary N) is 1. The summed E-state index contributed by atoms with van der Waals surface area (Å²) in [6.45, 7) is 6.86. The van der Waals surface area contributed by atoms with Crippen LogP contribution in [0.25, 0.3) is 0 Å². The Morgan fingerprint density at radius 1 is 1.24 bits per heavy atom. The van der Waals surface area contributed by atoms with Crippen LogP contribution in [0.2, 0.25) is 0 Å². The first-order chi connectivity index (χ1) is 8.08. The first-order valence-corrected chi connectivity index (χ1v) is 6.70. The van der Waals surface area contributed by atoms with E-state index in [9.17, 15) is 0 Å². The Labute approximate surface area is 105 Å². The minimum Gasteiger partial charge on any atom is -0.399 e. The van der Waals surface area contributed by atoms with Crippen molar-refractivity contribution in [3.63, 3.8) is 0 Å². The first kappa shape index (κ1) is 12.3. The summed E-state index contributed by atoms with van der Waals surface area (Å²) in [6, 6.07) is 6.74. The van der Waals surface area contributed by atoms with Gasteiger partial charge in [0.05, 0.1) is 0 Å². The highest BCUT2D eigenvalue weighted by Gasteiger charge is 2.26. The van der Waals surface area contributed by atoms with Crippen molar-refractivity contribution >= 4 is 11.4 Å². The lowest BCUT2D eigenvalue weighted by Crippen LogP contribution is -2.35.